The quantitative estimate of drug-likeness (QED) is 0.286. The Bertz CT molecular complexity index is 1320. The van der Waals surface area contributed by atoms with Crippen LogP contribution < -0.4 is 5.32 Å². The van der Waals surface area contributed by atoms with Crippen LogP contribution in [0.25, 0.3) is 0 Å². The predicted octanol–water partition coefficient (Wildman–Crippen LogP) is 6.45. The molecule has 2 aromatic carbocycles. The van der Waals surface area contributed by atoms with E-state index in [1.54, 1.807) is 11.1 Å². The van der Waals surface area contributed by atoms with Crippen molar-refractivity contribution in [2.75, 3.05) is 6.54 Å². The summed E-state index contributed by atoms with van der Waals surface area (Å²) in [7, 11) is 0. The lowest BCUT2D eigenvalue weighted by Crippen LogP contribution is -2.37. The molecule has 0 amide bonds. The van der Waals surface area contributed by atoms with E-state index in [0.717, 1.165) is 38.3 Å². The summed E-state index contributed by atoms with van der Waals surface area (Å²) in [5, 5.41) is 3.52. The molecular weight excluding hydrogens is 464 g/mol. The molecule has 0 saturated carbocycles. The van der Waals surface area contributed by atoms with Gasteiger partial charge in [0, 0.05) is 38.6 Å². The molecule has 38 heavy (non-hydrogen) atoms. The molecule has 0 aliphatic heterocycles. The first-order valence-corrected chi connectivity index (χ1v) is 14.2. The lowest BCUT2D eigenvalue weighted by molar-refractivity contribution is 0.134. The van der Waals surface area contributed by atoms with Crippen molar-refractivity contribution in [3.05, 3.63) is 130 Å². The average Bonchev–Trinajstić information content (AvgIpc) is 2.98. The molecule has 2 aliphatic carbocycles. The summed E-state index contributed by atoms with van der Waals surface area (Å²) in [6, 6.07) is 29.1. The van der Waals surface area contributed by atoms with Crippen molar-refractivity contribution in [3.63, 3.8) is 0 Å². The Morgan fingerprint density at radius 2 is 1.50 bits per heavy atom. The van der Waals surface area contributed by atoms with Gasteiger partial charge in [-0.25, -0.2) is 0 Å². The van der Waals surface area contributed by atoms with Crippen molar-refractivity contribution in [3.8, 4) is 0 Å². The topological polar surface area (TPSA) is 41.0 Å². The Kier molecular flexibility index (Phi) is 7.90. The highest BCUT2D eigenvalue weighted by Crippen LogP contribution is 2.36. The van der Waals surface area contributed by atoms with Crippen molar-refractivity contribution >= 4 is 0 Å². The van der Waals surface area contributed by atoms with Crippen LogP contribution in [-0.4, -0.2) is 21.4 Å². The van der Waals surface area contributed by atoms with E-state index in [0.29, 0.717) is 12.0 Å². The number of aromatic nitrogens is 2. The van der Waals surface area contributed by atoms with E-state index in [9.17, 15) is 0 Å². The first-order chi connectivity index (χ1) is 18.8. The molecule has 4 aromatic rings. The van der Waals surface area contributed by atoms with Crippen LogP contribution in [0.3, 0.4) is 0 Å². The number of hydrogen-bond donors (Lipinski definition) is 1. The lowest BCUT2D eigenvalue weighted by Gasteiger charge is -2.38. The van der Waals surface area contributed by atoms with Gasteiger partial charge in [-0.3, -0.25) is 14.9 Å². The Balaban J connectivity index is 1.16. The molecule has 0 fully saturated rings. The highest BCUT2D eigenvalue weighted by Gasteiger charge is 2.30. The summed E-state index contributed by atoms with van der Waals surface area (Å²) in [5.41, 5.74) is 9.62. The summed E-state index contributed by atoms with van der Waals surface area (Å²) < 4.78 is 0. The second-order valence-corrected chi connectivity index (χ2v) is 11.0. The molecule has 4 nitrogen and oxygen atoms in total. The van der Waals surface area contributed by atoms with E-state index in [-0.39, 0.29) is 0 Å². The van der Waals surface area contributed by atoms with Gasteiger partial charge in [-0.2, -0.15) is 0 Å². The normalized spacial score (nSPS) is 18.7. The van der Waals surface area contributed by atoms with Crippen LogP contribution in [0, 0.1) is 5.92 Å². The zero-order chi connectivity index (χ0) is 25.6. The third-order valence-corrected chi connectivity index (χ3v) is 8.32. The van der Waals surface area contributed by atoms with Crippen LogP contribution in [0.5, 0.6) is 0 Å². The number of rotatable bonds is 9. The summed E-state index contributed by atoms with van der Waals surface area (Å²) in [6.07, 6.45) is 11.1. The summed E-state index contributed by atoms with van der Waals surface area (Å²) in [6.45, 7) is 3.74. The van der Waals surface area contributed by atoms with Gasteiger partial charge in [-0.1, -0.05) is 60.7 Å². The van der Waals surface area contributed by atoms with Crippen LogP contribution >= 0.6 is 0 Å². The van der Waals surface area contributed by atoms with E-state index in [1.165, 1.54) is 54.5 Å². The average molecular weight is 503 g/mol. The molecule has 1 N–H and O–H groups in total. The molecule has 2 atom stereocenters. The second kappa shape index (κ2) is 12.0. The zero-order valence-electron chi connectivity index (χ0n) is 22.2. The van der Waals surface area contributed by atoms with Gasteiger partial charge in [0.25, 0.3) is 0 Å². The van der Waals surface area contributed by atoms with Gasteiger partial charge in [0.15, 0.2) is 0 Å². The van der Waals surface area contributed by atoms with E-state index < -0.39 is 0 Å². The van der Waals surface area contributed by atoms with Gasteiger partial charge in [-0.05, 0) is 90.5 Å². The fourth-order valence-electron chi connectivity index (χ4n) is 6.34. The molecule has 0 bridgehead atoms. The van der Waals surface area contributed by atoms with Crippen molar-refractivity contribution in [2.24, 2.45) is 5.92 Å². The molecule has 6 rings (SSSR count). The van der Waals surface area contributed by atoms with Crippen molar-refractivity contribution in [1.29, 1.82) is 0 Å². The number of aryl methyl sites for hydroxylation is 2. The Morgan fingerprint density at radius 3 is 2.37 bits per heavy atom. The second-order valence-electron chi connectivity index (χ2n) is 11.0. The molecule has 0 spiro atoms. The number of hydrogen-bond acceptors (Lipinski definition) is 4. The van der Waals surface area contributed by atoms with Crippen LogP contribution in [-0.2, 0) is 38.9 Å². The highest BCUT2D eigenvalue weighted by atomic mass is 15.2. The van der Waals surface area contributed by atoms with E-state index >= 15 is 0 Å². The fraction of sp³-hybridized carbons (Fsp3) is 0.353. The summed E-state index contributed by atoms with van der Waals surface area (Å²) in [5.74, 6) is 0.689. The molecule has 0 unspecified atom stereocenters. The molecule has 194 valence electrons. The maximum absolute atomic E-state index is 4.91. The molecule has 2 heterocycles. The highest BCUT2D eigenvalue weighted by molar-refractivity contribution is 5.30. The number of pyridine rings is 2. The summed E-state index contributed by atoms with van der Waals surface area (Å²) >= 11 is 0. The largest absolute Gasteiger partial charge is 0.307 e. The number of benzene rings is 2. The van der Waals surface area contributed by atoms with Gasteiger partial charge in [-0.15, -0.1) is 0 Å². The van der Waals surface area contributed by atoms with E-state index in [4.69, 9.17) is 4.98 Å². The smallest absolute Gasteiger partial charge is 0.0607 e. The number of fused-ring (bicyclic) bond motifs is 2. The SMILES string of the molecule is c1ccc(CNCc2ccc(CN(C[C@@H]3CCc4ccccc4C3)[C@H]3CCCc4cccnc43)cc2)nc1. The fourth-order valence-corrected chi connectivity index (χ4v) is 6.34. The first-order valence-electron chi connectivity index (χ1n) is 14.2. The minimum absolute atomic E-state index is 0.400. The number of nitrogens with zero attached hydrogens (tertiary/aromatic N) is 3. The maximum Gasteiger partial charge on any atom is 0.0607 e. The van der Waals surface area contributed by atoms with Crippen LogP contribution in [0.2, 0.25) is 0 Å². The monoisotopic (exact) mass is 502 g/mol. The molecule has 2 aliphatic rings. The van der Waals surface area contributed by atoms with Gasteiger partial charge >= 0.3 is 0 Å². The molecular formula is C34H38N4. The van der Waals surface area contributed by atoms with E-state index in [2.05, 4.69) is 81.9 Å². The third-order valence-electron chi connectivity index (χ3n) is 8.32. The number of nitrogens with one attached hydrogen (secondary N) is 1. The van der Waals surface area contributed by atoms with Gasteiger partial charge in [0.05, 0.1) is 17.4 Å². The zero-order valence-corrected chi connectivity index (χ0v) is 22.2. The van der Waals surface area contributed by atoms with Crippen molar-refractivity contribution < 1.29 is 0 Å². The van der Waals surface area contributed by atoms with Gasteiger partial charge in [0.1, 0.15) is 0 Å². The van der Waals surface area contributed by atoms with Crippen LogP contribution in [0.1, 0.15) is 64.5 Å². The van der Waals surface area contributed by atoms with Crippen LogP contribution in [0.4, 0.5) is 0 Å². The third kappa shape index (κ3) is 6.03. The molecule has 0 radical (unpaired) electrons. The maximum atomic E-state index is 4.91. The van der Waals surface area contributed by atoms with Crippen molar-refractivity contribution in [1.82, 2.24) is 20.2 Å². The minimum atomic E-state index is 0.400. The van der Waals surface area contributed by atoms with E-state index in [1.807, 2.05) is 24.5 Å². The van der Waals surface area contributed by atoms with Crippen molar-refractivity contribution in [2.45, 2.75) is 64.2 Å². The Labute approximate surface area is 227 Å². The minimum Gasteiger partial charge on any atom is -0.307 e. The molecule has 0 saturated heterocycles. The predicted molar refractivity (Wildman–Crippen MR) is 154 cm³/mol. The molecule has 4 heteroatoms. The first kappa shape index (κ1) is 25.0. The summed E-state index contributed by atoms with van der Waals surface area (Å²) in [4.78, 5) is 12.1. The Morgan fingerprint density at radius 1 is 0.711 bits per heavy atom. The standard InChI is InChI=1S/C34H38N4/c1-2-8-31-21-28(17-18-29(31)7-1)25-38(33-12-5-9-30-10-6-20-37-34(30)33)24-27-15-13-26(14-16-27)22-35-23-32-11-3-4-19-36-32/h1-4,6-8,10-11,13-16,19-20,28,33,35H,5,9,12,17-18,21-25H2/t28-,33+/m1/s1. The Hall–Kier alpha value is -3.34. The lowest BCUT2D eigenvalue weighted by atomic mass is 9.82. The van der Waals surface area contributed by atoms with Crippen LogP contribution in [0.15, 0.2) is 91.3 Å². The van der Waals surface area contributed by atoms with Gasteiger partial charge < -0.3 is 5.32 Å². The molecule has 2 aromatic heterocycles. The van der Waals surface area contributed by atoms with Gasteiger partial charge in [0.2, 0.25) is 0 Å².